The highest BCUT2D eigenvalue weighted by atomic mass is 35.5. The lowest BCUT2D eigenvalue weighted by Gasteiger charge is -2.22. The number of halogens is 3. The van der Waals surface area contributed by atoms with Gasteiger partial charge < -0.3 is 10.6 Å². The number of fused-ring (bicyclic) bond motifs is 2. The molecule has 0 radical (unpaired) electrons. The van der Waals surface area contributed by atoms with Crippen molar-refractivity contribution in [1.29, 1.82) is 5.26 Å². The molecule has 0 amide bonds. The van der Waals surface area contributed by atoms with Crippen LogP contribution in [0.4, 0.5) is 20.2 Å². The molecule has 3 heterocycles. The molecule has 1 unspecified atom stereocenters. The van der Waals surface area contributed by atoms with Gasteiger partial charge in [0.05, 0.1) is 39.5 Å². The molecule has 0 bridgehead atoms. The average Bonchev–Trinajstić information content (AvgIpc) is 3.64. The molecule has 0 spiro atoms. The molecule has 5 aromatic rings. The summed E-state index contributed by atoms with van der Waals surface area (Å²) in [5.41, 5.74) is 2.98. The van der Waals surface area contributed by atoms with Gasteiger partial charge in [-0.25, -0.2) is 13.5 Å². The van der Waals surface area contributed by atoms with Crippen molar-refractivity contribution in [2.75, 3.05) is 17.2 Å². The van der Waals surface area contributed by atoms with Gasteiger partial charge in [-0.15, -0.1) is 5.10 Å². The average molecular weight is 587 g/mol. The van der Waals surface area contributed by atoms with Gasteiger partial charge in [0, 0.05) is 35.4 Å². The molecule has 3 aromatic heterocycles. The van der Waals surface area contributed by atoms with Crippen molar-refractivity contribution < 1.29 is 8.78 Å². The smallest absolute Gasteiger partial charge is 0.263 e. The highest BCUT2D eigenvalue weighted by molar-refractivity contribution is 6.35. The summed E-state index contributed by atoms with van der Waals surface area (Å²) in [4.78, 5) is 8.95. The van der Waals surface area contributed by atoms with Gasteiger partial charge in [0.25, 0.3) is 6.43 Å². The molecule has 42 heavy (non-hydrogen) atoms. The Morgan fingerprint density at radius 2 is 1.95 bits per heavy atom. The van der Waals surface area contributed by atoms with Crippen LogP contribution >= 0.6 is 11.6 Å². The van der Waals surface area contributed by atoms with Crippen molar-refractivity contribution in [3.63, 3.8) is 0 Å². The van der Waals surface area contributed by atoms with Crippen LogP contribution in [0.2, 0.25) is 5.02 Å². The SMILES string of the molecule is CC(C)(C)CNc1c(C#N)cnc2c(Cl)cc(NC(c3ccc4cccnc4c3)c3cn(C4(C(F)F)CC4)nn3)cc12. The largest absolute Gasteiger partial charge is 0.383 e. The van der Waals surface area contributed by atoms with Gasteiger partial charge >= 0.3 is 0 Å². The van der Waals surface area contributed by atoms with Crippen LogP contribution in [0.5, 0.6) is 0 Å². The Bertz CT molecular complexity index is 1840. The zero-order valence-corrected chi connectivity index (χ0v) is 24.1. The number of aromatic nitrogens is 5. The quantitative estimate of drug-likeness (QED) is 0.196. The fourth-order valence-corrected chi connectivity index (χ4v) is 5.30. The lowest BCUT2D eigenvalue weighted by Crippen LogP contribution is -2.26. The zero-order valence-electron chi connectivity index (χ0n) is 23.4. The molecular weight excluding hydrogens is 558 g/mol. The van der Waals surface area contributed by atoms with Gasteiger partial charge in [-0.3, -0.25) is 9.97 Å². The molecule has 2 aromatic carbocycles. The molecule has 1 aliphatic rings. The third-order valence-electron chi connectivity index (χ3n) is 7.55. The monoisotopic (exact) mass is 586 g/mol. The Morgan fingerprint density at radius 1 is 1.14 bits per heavy atom. The molecular formula is C31H29ClF2N8. The zero-order chi connectivity index (χ0) is 29.6. The lowest BCUT2D eigenvalue weighted by molar-refractivity contribution is 0.0593. The van der Waals surface area contributed by atoms with E-state index in [0.717, 1.165) is 16.5 Å². The van der Waals surface area contributed by atoms with Crippen molar-refractivity contribution in [2.45, 2.75) is 51.6 Å². The molecule has 1 aliphatic carbocycles. The van der Waals surface area contributed by atoms with Crippen LogP contribution in [0.3, 0.4) is 0 Å². The second-order valence-electron chi connectivity index (χ2n) is 12.0. The van der Waals surface area contributed by atoms with Crippen molar-refractivity contribution in [3.8, 4) is 6.07 Å². The molecule has 214 valence electrons. The molecule has 1 fully saturated rings. The summed E-state index contributed by atoms with van der Waals surface area (Å²) in [5.74, 6) is 0. The Morgan fingerprint density at radius 3 is 2.67 bits per heavy atom. The van der Waals surface area contributed by atoms with Crippen LogP contribution in [-0.2, 0) is 5.54 Å². The Kier molecular flexibility index (Phi) is 6.93. The summed E-state index contributed by atoms with van der Waals surface area (Å²) in [7, 11) is 0. The molecule has 6 rings (SSSR count). The summed E-state index contributed by atoms with van der Waals surface area (Å²) < 4.78 is 29.1. The predicted molar refractivity (Wildman–Crippen MR) is 160 cm³/mol. The maximum atomic E-state index is 13.9. The third-order valence-corrected chi connectivity index (χ3v) is 7.83. The second kappa shape index (κ2) is 10.5. The molecule has 8 nitrogen and oxygen atoms in total. The number of nitrogens with zero attached hydrogens (tertiary/aromatic N) is 6. The maximum absolute atomic E-state index is 13.9. The fourth-order valence-electron chi connectivity index (χ4n) is 5.03. The van der Waals surface area contributed by atoms with E-state index < -0.39 is 18.0 Å². The molecule has 1 saturated carbocycles. The first-order chi connectivity index (χ1) is 20.1. The minimum atomic E-state index is -2.54. The Balaban J connectivity index is 1.45. The first-order valence-electron chi connectivity index (χ1n) is 13.7. The molecule has 0 saturated heterocycles. The molecule has 2 N–H and O–H groups in total. The van der Waals surface area contributed by atoms with E-state index >= 15 is 0 Å². The van der Waals surface area contributed by atoms with E-state index in [1.807, 2.05) is 36.4 Å². The van der Waals surface area contributed by atoms with Gasteiger partial charge in [-0.2, -0.15) is 5.26 Å². The highest BCUT2D eigenvalue weighted by Gasteiger charge is 2.54. The van der Waals surface area contributed by atoms with Crippen LogP contribution in [0, 0.1) is 16.7 Å². The molecule has 1 atom stereocenters. The minimum Gasteiger partial charge on any atom is -0.383 e. The van der Waals surface area contributed by atoms with Crippen LogP contribution < -0.4 is 10.6 Å². The van der Waals surface area contributed by atoms with Crippen molar-refractivity contribution in [2.24, 2.45) is 5.41 Å². The second-order valence-corrected chi connectivity index (χ2v) is 12.4. The number of alkyl halides is 2. The number of rotatable bonds is 8. The number of hydrogen-bond donors (Lipinski definition) is 2. The topological polar surface area (TPSA) is 104 Å². The first kappa shape index (κ1) is 27.8. The van der Waals surface area contributed by atoms with Crippen LogP contribution in [0.1, 0.15) is 56.5 Å². The van der Waals surface area contributed by atoms with Crippen molar-refractivity contribution >= 4 is 44.8 Å². The van der Waals surface area contributed by atoms with E-state index in [0.29, 0.717) is 57.9 Å². The van der Waals surface area contributed by atoms with Crippen molar-refractivity contribution in [1.82, 2.24) is 25.0 Å². The Hall–Kier alpha value is -4.36. The summed E-state index contributed by atoms with van der Waals surface area (Å²) in [6, 6.07) is 15.0. The van der Waals surface area contributed by atoms with E-state index in [9.17, 15) is 14.0 Å². The summed E-state index contributed by atoms with van der Waals surface area (Å²) in [6.07, 6.45) is 3.00. The third kappa shape index (κ3) is 5.21. The Labute approximate surface area is 246 Å². The minimum absolute atomic E-state index is 0.0415. The fraction of sp³-hybridized carbons (Fsp3) is 0.323. The van der Waals surface area contributed by atoms with Crippen LogP contribution in [-0.4, -0.2) is 37.9 Å². The number of nitriles is 1. The summed E-state index contributed by atoms with van der Waals surface area (Å²) in [6.45, 7) is 6.93. The van der Waals surface area contributed by atoms with E-state index in [4.69, 9.17) is 11.6 Å². The van der Waals surface area contributed by atoms with Gasteiger partial charge in [0.15, 0.2) is 0 Å². The number of nitrogens with one attached hydrogen (secondary N) is 2. The number of anilines is 2. The van der Waals surface area contributed by atoms with Crippen molar-refractivity contribution in [3.05, 3.63) is 82.9 Å². The lowest BCUT2D eigenvalue weighted by atomic mass is 9.96. The van der Waals surface area contributed by atoms with Crippen LogP contribution in [0.25, 0.3) is 21.8 Å². The number of hydrogen-bond acceptors (Lipinski definition) is 7. The van der Waals surface area contributed by atoms with Crippen LogP contribution in [0.15, 0.2) is 61.1 Å². The van der Waals surface area contributed by atoms with Gasteiger partial charge in [0.1, 0.15) is 17.3 Å². The van der Waals surface area contributed by atoms with E-state index in [1.165, 1.54) is 10.9 Å². The van der Waals surface area contributed by atoms with E-state index in [-0.39, 0.29) is 5.41 Å². The van der Waals surface area contributed by atoms with Gasteiger partial charge in [-0.1, -0.05) is 55.8 Å². The maximum Gasteiger partial charge on any atom is 0.263 e. The first-order valence-corrected chi connectivity index (χ1v) is 14.0. The summed E-state index contributed by atoms with van der Waals surface area (Å²) in [5, 5.41) is 27.3. The van der Waals surface area contributed by atoms with E-state index in [2.05, 4.69) is 57.8 Å². The van der Waals surface area contributed by atoms with E-state index in [1.54, 1.807) is 18.5 Å². The highest BCUT2D eigenvalue weighted by Crippen LogP contribution is 2.48. The molecule has 0 aliphatic heterocycles. The van der Waals surface area contributed by atoms with Gasteiger partial charge in [-0.05, 0) is 48.1 Å². The number of benzene rings is 2. The molecule has 11 heteroatoms. The standard InChI is InChI=1S/C31H29ClF2N8/c1-30(2,3)17-38-26-20(14-35)15-37-28-22(26)12-21(13-23(28)32)39-27(19-7-6-18-5-4-10-36-24(18)11-19)25-16-42(41-40-25)31(8-9-31)29(33)34/h4-7,10-13,15-16,27,29,39H,8-9,17H2,1-3H3,(H,37,38). The van der Waals surface area contributed by atoms with Gasteiger partial charge in [0.2, 0.25) is 0 Å². The normalized spacial score (nSPS) is 15.1. The summed E-state index contributed by atoms with van der Waals surface area (Å²) >= 11 is 6.74. The predicted octanol–water partition coefficient (Wildman–Crippen LogP) is 7.31. The number of pyridine rings is 2.